The van der Waals surface area contributed by atoms with E-state index < -0.39 is 0 Å². The van der Waals surface area contributed by atoms with Crippen molar-refractivity contribution in [2.45, 2.75) is 50.7 Å². The first-order chi connectivity index (χ1) is 6.36. The Morgan fingerprint density at radius 3 is 2.69 bits per heavy atom. The molecule has 1 nitrogen and oxygen atoms in total. The van der Waals surface area contributed by atoms with E-state index in [0.29, 0.717) is 5.25 Å². The minimum absolute atomic E-state index is 0.589. The Morgan fingerprint density at radius 1 is 1.46 bits per heavy atom. The molecule has 1 aliphatic rings. The summed E-state index contributed by atoms with van der Waals surface area (Å²) < 4.78 is 0. The van der Waals surface area contributed by atoms with Crippen LogP contribution in [-0.2, 0) is 0 Å². The second-order valence-corrected chi connectivity index (χ2v) is 5.21. The van der Waals surface area contributed by atoms with Crippen LogP contribution in [-0.4, -0.2) is 11.0 Å². The molecule has 0 radical (unpaired) electrons. The molecular weight excluding hydrogens is 178 g/mol. The van der Waals surface area contributed by atoms with Crippen LogP contribution >= 0.6 is 11.8 Å². The Hall–Kier alpha value is -0.160. The van der Waals surface area contributed by atoms with Crippen molar-refractivity contribution >= 4 is 11.8 Å². The van der Waals surface area contributed by atoms with Crippen LogP contribution in [0.15, 0.2) is 0 Å². The molecule has 0 aromatic rings. The Labute approximate surface area is 85.9 Å². The Bertz CT molecular complexity index is 167. The lowest BCUT2D eigenvalue weighted by molar-refractivity contribution is 0.621. The molecule has 1 rings (SSSR count). The summed E-state index contributed by atoms with van der Waals surface area (Å²) in [7, 11) is 0. The minimum atomic E-state index is 0.589. The van der Waals surface area contributed by atoms with Gasteiger partial charge in [0.05, 0.1) is 6.07 Å². The first-order valence-electron chi connectivity index (χ1n) is 5.35. The van der Waals surface area contributed by atoms with Crippen molar-refractivity contribution in [2.75, 3.05) is 5.75 Å². The van der Waals surface area contributed by atoms with Gasteiger partial charge in [-0.1, -0.05) is 19.8 Å². The highest BCUT2D eigenvalue weighted by molar-refractivity contribution is 7.99. The third-order valence-corrected chi connectivity index (χ3v) is 4.45. The van der Waals surface area contributed by atoms with Crippen molar-refractivity contribution in [3.63, 3.8) is 0 Å². The molecule has 1 unspecified atom stereocenters. The summed E-state index contributed by atoms with van der Waals surface area (Å²) in [5.74, 6) is 2.25. The van der Waals surface area contributed by atoms with E-state index in [2.05, 4.69) is 13.0 Å². The Morgan fingerprint density at radius 2 is 2.15 bits per heavy atom. The summed E-state index contributed by atoms with van der Waals surface area (Å²) in [5.41, 5.74) is 0. The van der Waals surface area contributed by atoms with E-state index in [9.17, 15) is 0 Å². The van der Waals surface area contributed by atoms with Crippen molar-refractivity contribution in [2.24, 2.45) is 5.92 Å². The second-order valence-electron chi connectivity index (χ2n) is 3.88. The van der Waals surface area contributed by atoms with Gasteiger partial charge in [0.15, 0.2) is 0 Å². The molecule has 0 aliphatic heterocycles. The van der Waals surface area contributed by atoms with Crippen LogP contribution in [0.1, 0.15) is 45.4 Å². The van der Waals surface area contributed by atoms with Crippen LogP contribution in [0, 0.1) is 17.2 Å². The molecule has 0 amide bonds. The van der Waals surface area contributed by atoms with Gasteiger partial charge in [0, 0.05) is 11.7 Å². The van der Waals surface area contributed by atoms with E-state index >= 15 is 0 Å². The minimum Gasteiger partial charge on any atom is -0.198 e. The number of nitriles is 1. The van der Waals surface area contributed by atoms with Gasteiger partial charge in [-0.15, -0.1) is 0 Å². The molecule has 1 saturated carbocycles. The molecule has 0 bridgehead atoms. The smallest absolute Gasteiger partial charge is 0.0633 e. The zero-order valence-corrected chi connectivity index (χ0v) is 9.28. The van der Waals surface area contributed by atoms with Crippen molar-refractivity contribution in [1.29, 1.82) is 5.26 Å². The van der Waals surface area contributed by atoms with Crippen LogP contribution in [0.2, 0.25) is 0 Å². The summed E-state index contributed by atoms with van der Waals surface area (Å²) in [5, 5.41) is 9.18. The quantitative estimate of drug-likeness (QED) is 0.672. The molecule has 1 fully saturated rings. The van der Waals surface area contributed by atoms with Crippen LogP contribution < -0.4 is 0 Å². The number of rotatable bonds is 5. The molecule has 0 heterocycles. The topological polar surface area (TPSA) is 23.8 Å². The van der Waals surface area contributed by atoms with Gasteiger partial charge >= 0.3 is 0 Å². The fourth-order valence-corrected chi connectivity index (χ4v) is 3.18. The van der Waals surface area contributed by atoms with Gasteiger partial charge in [-0.2, -0.15) is 17.0 Å². The fraction of sp³-hybridized carbons (Fsp3) is 0.909. The summed E-state index contributed by atoms with van der Waals surface area (Å²) >= 11 is 2.02. The largest absolute Gasteiger partial charge is 0.198 e. The lowest BCUT2D eigenvalue weighted by atomic mass is 10.1. The highest BCUT2D eigenvalue weighted by atomic mass is 32.2. The van der Waals surface area contributed by atoms with Gasteiger partial charge in [-0.25, -0.2) is 0 Å². The summed E-state index contributed by atoms with van der Waals surface area (Å²) in [6.45, 7) is 2.18. The zero-order chi connectivity index (χ0) is 9.52. The van der Waals surface area contributed by atoms with E-state index in [1.54, 1.807) is 0 Å². The van der Waals surface area contributed by atoms with Crippen LogP contribution in [0.5, 0.6) is 0 Å². The third-order valence-electron chi connectivity index (χ3n) is 2.82. The molecule has 0 saturated heterocycles. The van der Waals surface area contributed by atoms with E-state index in [1.807, 2.05) is 11.8 Å². The average Bonchev–Trinajstić information content (AvgIpc) is 2.64. The highest BCUT2D eigenvalue weighted by Crippen LogP contribution is 2.30. The molecule has 1 atom stereocenters. The van der Waals surface area contributed by atoms with Crippen molar-refractivity contribution < 1.29 is 0 Å². The van der Waals surface area contributed by atoms with Gasteiger partial charge in [0.25, 0.3) is 0 Å². The number of nitrogens with zero attached hydrogens (tertiary/aromatic N) is 1. The monoisotopic (exact) mass is 197 g/mol. The second kappa shape index (κ2) is 6.32. The molecular formula is C11H19NS. The first kappa shape index (κ1) is 10.9. The van der Waals surface area contributed by atoms with E-state index in [-0.39, 0.29) is 0 Å². The standard InChI is InChI=1S/C11H19NS/c1-2-11(7-8-12)13-9-10-5-3-4-6-10/h10-11H,2-7,9H2,1H3. The van der Waals surface area contributed by atoms with Gasteiger partial charge in [0.1, 0.15) is 0 Å². The van der Waals surface area contributed by atoms with E-state index in [1.165, 1.54) is 31.4 Å². The average molecular weight is 197 g/mol. The number of hydrogen-bond donors (Lipinski definition) is 0. The SMILES string of the molecule is CCC(CC#N)SCC1CCCC1. The van der Waals surface area contributed by atoms with E-state index in [4.69, 9.17) is 5.26 Å². The van der Waals surface area contributed by atoms with E-state index in [0.717, 1.165) is 18.8 Å². The maximum atomic E-state index is 8.60. The zero-order valence-electron chi connectivity index (χ0n) is 8.46. The number of hydrogen-bond acceptors (Lipinski definition) is 2. The van der Waals surface area contributed by atoms with Crippen molar-refractivity contribution in [3.05, 3.63) is 0 Å². The summed E-state index contributed by atoms with van der Waals surface area (Å²) in [4.78, 5) is 0. The summed E-state index contributed by atoms with van der Waals surface area (Å²) in [6.07, 6.45) is 7.59. The summed E-state index contributed by atoms with van der Waals surface area (Å²) in [6, 6.07) is 2.27. The Balaban J connectivity index is 2.11. The molecule has 0 aromatic heterocycles. The molecule has 13 heavy (non-hydrogen) atoms. The van der Waals surface area contributed by atoms with Crippen LogP contribution in [0.3, 0.4) is 0 Å². The van der Waals surface area contributed by atoms with Gasteiger partial charge in [-0.3, -0.25) is 0 Å². The number of thioether (sulfide) groups is 1. The lowest BCUT2D eigenvalue weighted by Gasteiger charge is -2.13. The maximum Gasteiger partial charge on any atom is 0.0633 e. The van der Waals surface area contributed by atoms with Gasteiger partial charge in [0.2, 0.25) is 0 Å². The molecule has 0 spiro atoms. The fourth-order valence-electron chi connectivity index (χ4n) is 1.87. The van der Waals surface area contributed by atoms with Crippen LogP contribution in [0.4, 0.5) is 0 Å². The van der Waals surface area contributed by atoms with Crippen molar-refractivity contribution in [1.82, 2.24) is 0 Å². The van der Waals surface area contributed by atoms with Crippen molar-refractivity contribution in [3.8, 4) is 6.07 Å². The van der Waals surface area contributed by atoms with Gasteiger partial charge in [-0.05, 0) is 30.9 Å². The maximum absolute atomic E-state index is 8.60. The Kier molecular flexibility index (Phi) is 5.31. The highest BCUT2D eigenvalue weighted by Gasteiger charge is 2.16. The molecule has 1 aliphatic carbocycles. The molecule has 2 heteroatoms. The predicted molar refractivity (Wildman–Crippen MR) is 58.7 cm³/mol. The van der Waals surface area contributed by atoms with Crippen LogP contribution in [0.25, 0.3) is 0 Å². The molecule has 0 N–H and O–H groups in total. The van der Waals surface area contributed by atoms with Gasteiger partial charge < -0.3 is 0 Å². The molecule has 0 aromatic carbocycles. The normalized spacial score (nSPS) is 20.0. The third kappa shape index (κ3) is 4.04. The molecule has 74 valence electrons. The lowest BCUT2D eigenvalue weighted by Crippen LogP contribution is -2.05. The first-order valence-corrected chi connectivity index (χ1v) is 6.40. The predicted octanol–water partition coefficient (Wildman–Crippen LogP) is 3.60.